The van der Waals surface area contributed by atoms with Crippen molar-refractivity contribution in [1.82, 2.24) is 4.72 Å². The van der Waals surface area contributed by atoms with Crippen LogP contribution in [0.1, 0.15) is 185 Å². The van der Waals surface area contributed by atoms with E-state index in [0.717, 1.165) is 101 Å². The summed E-state index contributed by atoms with van der Waals surface area (Å²) < 4.78 is 63.7. The normalized spacial score (nSPS) is 17.2. The fourth-order valence-corrected chi connectivity index (χ4v) is 11.2. The second kappa shape index (κ2) is 23.1. The number of hydrogen-bond acceptors (Lipinski definition) is 12. The van der Waals surface area contributed by atoms with Gasteiger partial charge in [0.1, 0.15) is 5.75 Å². The van der Waals surface area contributed by atoms with Crippen LogP contribution in [0.5, 0.6) is 5.75 Å². The molecule has 79 heavy (non-hydrogen) atoms. The smallest absolute Gasteiger partial charge is 0.417 e. The van der Waals surface area contributed by atoms with Crippen molar-refractivity contribution in [2.24, 2.45) is 5.14 Å². The second-order valence-corrected chi connectivity index (χ2v) is 26.8. The van der Waals surface area contributed by atoms with Gasteiger partial charge in [-0.25, -0.2) is 27.9 Å². The predicted molar refractivity (Wildman–Crippen MR) is 305 cm³/mol. The van der Waals surface area contributed by atoms with Gasteiger partial charge in [0, 0.05) is 49.7 Å². The summed E-state index contributed by atoms with van der Waals surface area (Å²) in [4.78, 5) is 24.8. The highest BCUT2D eigenvalue weighted by molar-refractivity contribution is 7.90. The lowest BCUT2D eigenvalue weighted by Gasteiger charge is -2.17. The van der Waals surface area contributed by atoms with Crippen LogP contribution in [0.15, 0.2) is 110 Å². The van der Waals surface area contributed by atoms with Gasteiger partial charge in [0.05, 0.1) is 29.4 Å². The number of nitrogen functional groups attached to an aromatic ring is 1. The number of anilines is 3. The molecule has 16 nitrogen and oxygen atoms in total. The highest BCUT2D eigenvalue weighted by Gasteiger charge is 2.37. The Hall–Kier alpha value is -5.57. The van der Waals surface area contributed by atoms with E-state index >= 15 is 0 Å². The van der Waals surface area contributed by atoms with E-state index in [1.54, 1.807) is 12.1 Å². The second-order valence-electron chi connectivity index (χ2n) is 22.4. The molecule has 422 valence electrons. The van der Waals surface area contributed by atoms with E-state index in [1.807, 2.05) is 47.2 Å². The van der Waals surface area contributed by atoms with E-state index in [0.29, 0.717) is 63.1 Å². The minimum atomic E-state index is -4.23. The molecule has 0 bridgehead atoms. The maximum Gasteiger partial charge on any atom is 0.417 e. The maximum atomic E-state index is 12.6. The third kappa shape index (κ3) is 15.7. The number of nitrogens with two attached hydrogens (primary N) is 2. The Labute approximate surface area is 476 Å². The lowest BCUT2D eigenvalue weighted by molar-refractivity contribution is 0.0773. The van der Waals surface area contributed by atoms with Crippen LogP contribution in [0.25, 0.3) is 0 Å². The average molecular weight is 1180 g/mol. The number of halogens is 3. The molecule has 6 saturated carbocycles. The van der Waals surface area contributed by atoms with Gasteiger partial charge in [-0.05, 0) is 222 Å². The number of primary sulfonamides is 1. The number of para-hydroxylation sites is 1. The molecule has 6 aromatic rings. The van der Waals surface area contributed by atoms with Crippen molar-refractivity contribution in [2.75, 3.05) is 16.4 Å². The van der Waals surface area contributed by atoms with Crippen molar-refractivity contribution in [1.29, 1.82) is 0 Å². The monoisotopic (exact) mass is 1180 g/mol. The van der Waals surface area contributed by atoms with Gasteiger partial charge in [0.15, 0.2) is 0 Å². The van der Waals surface area contributed by atoms with Gasteiger partial charge in [0.25, 0.3) is 20.0 Å². The Morgan fingerprint density at radius 2 is 0.899 bits per heavy atom. The van der Waals surface area contributed by atoms with Gasteiger partial charge in [-0.3, -0.25) is 5.32 Å². The summed E-state index contributed by atoms with van der Waals surface area (Å²) in [5.41, 5.74) is 13.9. The van der Waals surface area contributed by atoms with Crippen LogP contribution in [0.3, 0.4) is 0 Å². The van der Waals surface area contributed by atoms with Crippen LogP contribution in [0.2, 0.25) is 15.1 Å². The van der Waals surface area contributed by atoms with Gasteiger partial charge >= 0.3 is 12.1 Å². The zero-order valence-corrected chi connectivity index (χ0v) is 48.2. The van der Waals surface area contributed by atoms with E-state index < -0.39 is 48.5 Å². The minimum absolute atomic E-state index is 0.294. The number of hydrogen-bond donors (Lipinski definition) is 7. The first-order valence-electron chi connectivity index (χ1n) is 26.5. The number of rotatable bonds is 14. The molecule has 6 fully saturated rings. The Bertz CT molecular complexity index is 3360. The van der Waals surface area contributed by atoms with Crippen molar-refractivity contribution < 1.29 is 50.2 Å². The third-order valence-electron chi connectivity index (χ3n) is 14.4. The molecular formula is C58H66Cl3N5O11S2. The number of carbonyl (C=O) groups is 2. The van der Waals surface area contributed by atoms with Gasteiger partial charge in [-0.2, -0.15) is 8.42 Å². The van der Waals surface area contributed by atoms with Crippen LogP contribution < -0.4 is 31.0 Å². The van der Waals surface area contributed by atoms with Crippen molar-refractivity contribution in [3.8, 4) is 5.75 Å². The minimum Gasteiger partial charge on any atom is -0.451 e. The summed E-state index contributed by atoms with van der Waals surface area (Å²) in [7, 11) is -8.05. The summed E-state index contributed by atoms with van der Waals surface area (Å²) in [6.07, 6.45) is 15.7. The molecule has 3 amide bonds. The highest BCUT2D eigenvalue weighted by Crippen LogP contribution is 2.53. The van der Waals surface area contributed by atoms with Crippen LogP contribution >= 0.6 is 34.8 Å². The van der Waals surface area contributed by atoms with Crippen molar-refractivity contribution >= 4 is 84.0 Å². The molecule has 12 rings (SSSR count). The van der Waals surface area contributed by atoms with Gasteiger partial charge in [-0.1, -0.05) is 53.0 Å². The van der Waals surface area contributed by atoms with Gasteiger partial charge in [-0.15, -0.1) is 0 Å². The van der Waals surface area contributed by atoms with Crippen LogP contribution in [0.4, 0.5) is 26.7 Å². The van der Waals surface area contributed by atoms with E-state index in [9.17, 15) is 36.6 Å². The molecule has 0 unspecified atom stereocenters. The molecular weight excluding hydrogens is 1110 g/mol. The number of benzene rings is 4. The molecule has 2 heterocycles. The van der Waals surface area contributed by atoms with E-state index in [-0.39, 0.29) is 5.09 Å². The average Bonchev–Trinajstić information content (AvgIpc) is 4.23. The van der Waals surface area contributed by atoms with Crippen molar-refractivity contribution in [3.05, 3.63) is 151 Å². The Morgan fingerprint density at radius 3 is 1.24 bits per heavy atom. The molecule has 21 heteroatoms. The lowest BCUT2D eigenvalue weighted by atomic mass is 10.00. The molecule has 6 aliphatic rings. The fraction of sp³-hybridized carbons (Fsp3) is 0.414. The molecule has 2 aromatic heterocycles. The molecule has 4 aromatic carbocycles. The van der Waals surface area contributed by atoms with Crippen LogP contribution in [0, 0.1) is 0 Å². The first-order chi connectivity index (χ1) is 37.2. The molecule has 0 aliphatic heterocycles. The molecule has 0 radical (unpaired) electrons. The molecule has 9 N–H and O–H groups in total. The van der Waals surface area contributed by atoms with Crippen LogP contribution in [-0.4, -0.2) is 39.2 Å². The zero-order valence-electron chi connectivity index (χ0n) is 44.3. The van der Waals surface area contributed by atoms with E-state index in [4.69, 9.17) is 54.8 Å². The number of nitrogens with one attached hydrogen (secondary N) is 3. The van der Waals surface area contributed by atoms with Crippen LogP contribution in [-0.2, 0) is 31.2 Å². The number of carbonyl (C=O) groups excluding carboxylic acids is 2. The summed E-state index contributed by atoms with van der Waals surface area (Å²) in [6, 6.07) is 22.4. The summed E-state index contributed by atoms with van der Waals surface area (Å²) in [6.45, 7) is 6.05. The Kier molecular flexibility index (Phi) is 17.0. The van der Waals surface area contributed by atoms with E-state index in [2.05, 4.69) is 27.2 Å². The van der Waals surface area contributed by atoms with Crippen molar-refractivity contribution in [2.45, 2.75) is 162 Å². The number of sulfonamides is 2. The molecule has 0 spiro atoms. The number of urea groups is 1. The molecule has 0 atom stereocenters. The predicted octanol–water partition coefficient (Wildman–Crippen LogP) is 14.0. The third-order valence-corrected chi connectivity index (χ3v) is 17.0. The number of ether oxygens (including phenoxy) is 1. The SMILES string of the molecule is CC(C)(O)c1coc(S(=O)(=O)NC(=O)Nc2c(C3CC3)cc(Cl)cc2C2CC2)c1.CC(C)(O)c1coc(S(N)(=O)=O)c1.Nc1c(C2CC2)cc(Cl)cc1C1CC1.O=C(Nc1c(C2CC2)cc(Cl)cc1C1CC1)Oc1ccccc1. The van der Waals surface area contributed by atoms with Gasteiger partial charge < -0.3 is 34.8 Å². The number of amides is 3. The quantitative estimate of drug-likeness (QED) is 0.0502. The molecule has 6 aliphatic carbocycles. The standard InChI is InChI=1S/C20H23ClN2O5S.C19H18ClNO2.C12H14ClN.C7H11NO4S/c1-20(2,25)13-7-17(28-10-13)29(26,27)23-19(24)22-18-15(11-3-4-11)8-14(21)9-16(18)12-5-6-12;20-14-10-16(12-6-7-12)18(17(11-14)13-8-9-13)21-19(22)23-15-4-2-1-3-5-15;13-9-5-10(7-1-2-7)12(14)11(6-9)8-3-4-8;1-7(2,9)5-3-6(12-4-5)13(8,10)11/h7-12,25H,3-6H2,1-2H3,(H2,22,23,24);1-5,10-13H,6-9H2,(H,21,22);5-8H,1-4,14H2;3-4,9H,1-2H3,(H2,8,10,11). The highest BCUT2D eigenvalue weighted by atomic mass is 35.5. The fourth-order valence-electron chi connectivity index (χ4n) is 9.18. The maximum absolute atomic E-state index is 12.6. The summed E-state index contributed by atoms with van der Waals surface area (Å²) >= 11 is 18.7. The zero-order chi connectivity index (χ0) is 56.8. The summed E-state index contributed by atoms with van der Waals surface area (Å²) in [5.74, 6) is 3.63. The number of aliphatic hydroxyl groups is 2. The first-order valence-corrected chi connectivity index (χ1v) is 30.7. The number of furan rings is 2. The van der Waals surface area contributed by atoms with E-state index in [1.165, 1.54) is 82.9 Å². The largest absolute Gasteiger partial charge is 0.451 e. The molecule has 0 saturated heterocycles. The Balaban J connectivity index is 0.000000135. The van der Waals surface area contributed by atoms with Gasteiger partial charge in [0.2, 0.25) is 10.2 Å². The summed E-state index contributed by atoms with van der Waals surface area (Å²) in [5, 5.41) is 31.4. The topological polar surface area (TPSA) is 267 Å². The van der Waals surface area contributed by atoms with Crippen molar-refractivity contribution in [3.63, 3.8) is 0 Å². The lowest BCUT2D eigenvalue weighted by Crippen LogP contribution is -2.34. The Morgan fingerprint density at radius 1 is 0.557 bits per heavy atom. The first kappa shape index (κ1) is 58.1.